The van der Waals surface area contributed by atoms with Crippen molar-refractivity contribution in [1.82, 2.24) is 4.90 Å². The molecule has 2 aromatic rings. The van der Waals surface area contributed by atoms with Gasteiger partial charge in [0.15, 0.2) is 11.6 Å². The zero-order valence-corrected chi connectivity index (χ0v) is 20.3. The van der Waals surface area contributed by atoms with Crippen LogP contribution in [0.5, 0.6) is 5.75 Å². The Labute approximate surface area is 208 Å². The van der Waals surface area contributed by atoms with Gasteiger partial charge in [-0.15, -0.1) is 11.8 Å². The molecular weight excluding hydrogens is 469 g/mol. The molecule has 0 bridgehead atoms. The Morgan fingerprint density at radius 3 is 2.63 bits per heavy atom. The predicted octanol–water partition coefficient (Wildman–Crippen LogP) is 4.56. The van der Waals surface area contributed by atoms with E-state index in [4.69, 9.17) is 4.74 Å². The normalized spacial score (nSPS) is 20.4. The molecule has 2 aromatic carbocycles. The van der Waals surface area contributed by atoms with Crippen LogP contribution < -0.4 is 4.74 Å². The van der Waals surface area contributed by atoms with Crippen LogP contribution in [0.25, 0.3) is 0 Å². The van der Waals surface area contributed by atoms with E-state index in [0.29, 0.717) is 35.4 Å². The first-order chi connectivity index (χ1) is 16.9. The third-order valence-electron chi connectivity index (χ3n) is 6.41. The zero-order valence-electron chi connectivity index (χ0n) is 19.5. The fraction of sp³-hybridized carbons (Fsp3) is 0.370. The molecule has 2 atom stereocenters. The minimum Gasteiger partial charge on any atom is -0.497 e. The minimum atomic E-state index is -1.08. The van der Waals surface area contributed by atoms with Crippen molar-refractivity contribution >= 4 is 29.3 Å². The van der Waals surface area contributed by atoms with Crippen molar-refractivity contribution in [3.63, 3.8) is 0 Å². The second-order valence-electron chi connectivity index (χ2n) is 8.87. The number of likely N-dealkylation sites (tertiary alicyclic amines) is 1. The Hall–Kier alpha value is -2.97. The molecule has 0 amide bonds. The van der Waals surface area contributed by atoms with Crippen molar-refractivity contribution < 1.29 is 28.6 Å². The van der Waals surface area contributed by atoms with E-state index in [1.165, 1.54) is 31.0 Å². The molecule has 1 heterocycles. The second-order valence-corrected chi connectivity index (χ2v) is 10.1. The van der Waals surface area contributed by atoms with Crippen molar-refractivity contribution in [3.8, 4) is 5.75 Å². The number of benzene rings is 2. The quantitative estimate of drug-likeness (QED) is 0.381. The molecular formula is C27H28FNO5S. The Morgan fingerprint density at radius 2 is 1.94 bits per heavy atom. The fourth-order valence-corrected chi connectivity index (χ4v) is 5.61. The highest BCUT2D eigenvalue weighted by molar-refractivity contribution is 8.00. The summed E-state index contributed by atoms with van der Waals surface area (Å²) in [6.07, 6.45) is 3.33. The maximum absolute atomic E-state index is 14.7. The van der Waals surface area contributed by atoms with Crippen molar-refractivity contribution in [2.24, 2.45) is 5.92 Å². The van der Waals surface area contributed by atoms with E-state index in [2.05, 4.69) is 0 Å². The van der Waals surface area contributed by atoms with Gasteiger partial charge >= 0.3 is 5.97 Å². The molecule has 1 N–H and O–H groups in total. The molecule has 1 aliphatic heterocycles. The number of carboxylic acids is 1. The fourth-order valence-electron chi connectivity index (χ4n) is 4.47. The summed E-state index contributed by atoms with van der Waals surface area (Å²) in [6.45, 7) is 0.730. The van der Waals surface area contributed by atoms with Gasteiger partial charge in [0.1, 0.15) is 11.6 Å². The van der Waals surface area contributed by atoms with Crippen LogP contribution in [-0.2, 0) is 9.59 Å². The third kappa shape index (κ3) is 6.18. The maximum Gasteiger partial charge on any atom is 0.328 e. The SMILES string of the molecule is COc1cccc(C(=O)CS[C@H]2CCN([C@H](C(=O)C3CC3)c3ccccc3F)C/C2=C/C(=O)O)c1. The molecule has 1 aliphatic carbocycles. The number of carbonyl (C=O) groups excluding carboxylic acids is 2. The van der Waals surface area contributed by atoms with E-state index in [1.54, 1.807) is 42.5 Å². The highest BCUT2D eigenvalue weighted by atomic mass is 32.2. The largest absolute Gasteiger partial charge is 0.497 e. The van der Waals surface area contributed by atoms with Gasteiger partial charge in [-0.25, -0.2) is 9.18 Å². The number of aliphatic carboxylic acids is 1. The van der Waals surface area contributed by atoms with E-state index < -0.39 is 17.8 Å². The summed E-state index contributed by atoms with van der Waals surface area (Å²) in [5.74, 6) is -0.882. The summed E-state index contributed by atoms with van der Waals surface area (Å²) >= 11 is 1.40. The molecule has 2 fully saturated rings. The number of Topliss-reactive ketones (excluding diaryl/α,β-unsaturated/α-hetero) is 2. The molecule has 0 radical (unpaired) electrons. The van der Waals surface area contributed by atoms with Gasteiger partial charge in [0.05, 0.1) is 18.9 Å². The Bertz CT molecular complexity index is 1150. The average molecular weight is 498 g/mol. The van der Waals surface area contributed by atoms with Crippen molar-refractivity contribution in [3.05, 3.63) is 77.1 Å². The number of nitrogens with zero attached hydrogens (tertiary/aromatic N) is 1. The highest BCUT2D eigenvalue weighted by Crippen LogP contribution is 2.40. The summed E-state index contributed by atoms with van der Waals surface area (Å²) in [7, 11) is 1.54. The van der Waals surface area contributed by atoms with E-state index in [1.807, 2.05) is 4.90 Å². The molecule has 2 aliphatic rings. The molecule has 4 rings (SSSR count). The summed E-state index contributed by atoms with van der Waals surface area (Å²) in [5, 5.41) is 9.29. The molecule has 0 spiro atoms. The van der Waals surface area contributed by atoms with Crippen LogP contribution >= 0.6 is 11.8 Å². The summed E-state index contributed by atoms with van der Waals surface area (Å²) in [6, 6.07) is 12.5. The molecule has 8 heteroatoms. The van der Waals surface area contributed by atoms with E-state index in [-0.39, 0.29) is 35.0 Å². The van der Waals surface area contributed by atoms with Gasteiger partial charge in [0.2, 0.25) is 0 Å². The lowest BCUT2D eigenvalue weighted by Gasteiger charge is -2.38. The molecule has 1 saturated carbocycles. The Balaban J connectivity index is 1.51. The van der Waals surface area contributed by atoms with Crippen LogP contribution in [0.1, 0.15) is 41.2 Å². The summed E-state index contributed by atoms with van der Waals surface area (Å²) < 4.78 is 19.9. The number of hydrogen-bond donors (Lipinski definition) is 1. The van der Waals surface area contributed by atoms with Gasteiger partial charge in [-0.2, -0.15) is 0 Å². The third-order valence-corrected chi connectivity index (χ3v) is 7.78. The number of hydrogen-bond acceptors (Lipinski definition) is 6. The van der Waals surface area contributed by atoms with Gasteiger partial charge < -0.3 is 9.84 Å². The van der Waals surface area contributed by atoms with Crippen LogP contribution in [0.2, 0.25) is 0 Å². The molecule has 0 aromatic heterocycles. The van der Waals surface area contributed by atoms with E-state index in [9.17, 15) is 23.9 Å². The number of carbonyl (C=O) groups is 3. The smallest absolute Gasteiger partial charge is 0.328 e. The summed E-state index contributed by atoms with van der Waals surface area (Å²) in [5.41, 5.74) is 1.49. The lowest BCUT2D eigenvalue weighted by atomic mass is 9.93. The second kappa shape index (κ2) is 11.2. The van der Waals surface area contributed by atoms with E-state index in [0.717, 1.165) is 12.8 Å². The molecule has 0 unspecified atom stereocenters. The summed E-state index contributed by atoms with van der Waals surface area (Å²) in [4.78, 5) is 39.4. The lowest BCUT2D eigenvalue weighted by Crippen LogP contribution is -2.43. The first-order valence-electron chi connectivity index (χ1n) is 11.6. The first kappa shape index (κ1) is 25.1. The van der Waals surface area contributed by atoms with Crippen LogP contribution in [0.15, 0.2) is 60.2 Å². The molecule has 6 nitrogen and oxygen atoms in total. The van der Waals surface area contributed by atoms with Crippen LogP contribution in [0, 0.1) is 11.7 Å². The Kier molecular flexibility index (Phi) is 8.03. The number of rotatable bonds is 10. The van der Waals surface area contributed by atoms with Crippen molar-refractivity contribution in [2.75, 3.05) is 26.0 Å². The predicted molar refractivity (Wildman–Crippen MR) is 132 cm³/mol. The number of piperidine rings is 1. The standard InChI is InChI=1S/C27H28FNO5S/c1-34-20-6-4-5-18(13-20)23(30)16-35-24-11-12-29(15-19(24)14-25(31)32)26(27(33)17-9-10-17)21-7-2-3-8-22(21)28/h2-8,13-14,17,24,26H,9-12,15-16H2,1H3,(H,31,32)/b19-14-/t24-,26-/m0/s1. The van der Waals surface area contributed by atoms with Gasteiger partial charge in [0.25, 0.3) is 0 Å². The number of methoxy groups -OCH3 is 1. The number of thioether (sulfide) groups is 1. The van der Waals surface area contributed by atoms with Crippen molar-refractivity contribution in [1.29, 1.82) is 0 Å². The number of halogens is 1. The highest BCUT2D eigenvalue weighted by Gasteiger charge is 2.41. The van der Waals surface area contributed by atoms with Crippen LogP contribution in [0.3, 0.4) is 0 Å². The topological polar surface area (TPSA) is 83.9 Å². The number of ether oxygens (including phenoxy) is 1. The lowest BCUT2D eigenvalue weighted by molar-refractivity contribution is -0.131. The number of carboxylic acid groups (broad SMARTS) is 1. The van der Waals surface area contributed by atoms with Gasteiger partial charge in [-0.05, 0) is 43.0 Å². The van der Waals surface area contributed by atoms with E-state index >= 15 is 0 Å². The van der Waals surface area contributed by atoms with Gasteiger partial charge in [0, 0.05) is 41.5 Å². The first-order valence-corrected chi connectivity index (χ1v) is 12.7. The van der Waals surface area contributed by atoms with Crippen LogP contribution in [0.4, 0.5) is 4.39 Å². The monoisotopic (exact) mass is 497 g/mol. The van der Waals surface area contributed by atoms with Gasteiger partial charge in [-0.1, -0.05) is 30.3 Å². The maximum atomic E-state index is 14.7. The zero-order chi connectivity index (χ0) is 24.9. The average Bonchev–Trinajstić information content (AvgIpc) is 3.70. The number of ketones is 2. The minimum absolute atomic E-state index is 0.0101. The Morgan fingerprint density at radius 1 is 1.17 bits per heavy atom. The molecule has 1 saturated heterocycles. The molecule has 35 heavy (non-hydrogen) atoms. The van der Waals surface area contributed by atoms with Crippen LogP contribution in [-0.4, -0.2) is 58.7 Å². The van der Waals surface area contributed by atoms with Gasteiger partial charge in [-0.3, -0.25) is 14.5 Å². The van der Waals surface area contributed by atoms with Crippen molar-refractivity contribution in [2.45, 2.75) is 30.6 Å². The molecule has 184 valence electrons.